The van der Waals surface area contributed by atoms with E-state index < -0.39 is 5.92 Å². The number of anilines is 1. The van der Waals surface area contributed by atoms with Crippen LogP contribution in [0, 0.1) is 29.6 Å². The molecular weight excluding hydrogens is 340 g/mol. The van der Waals surface area contributed by atoms with Crippen molar-refractivity contribution >= 4 is 22.4 Å². The molecule has 4 rings (SSSR count). The molecule has 7 heteroatoms. The molecule has 0 spiro atoms. The number of hydrogen-bond donors (Lipinski definition) is 3. The van der Waals surface area contributed by atoms with Crippen LogP contribution in [0.3, 0.4) is 0 Å². The number of allylic oxidation sites excluding steroid dienone is 3. The third-order valence-electron chi connectivity index (χ3n) is 4.88. The molecule has 2 aromatic heterocycles. The Labute approximate surface area is 155 Å². The lowest BCUT2D eigenvalue weighted by molar-refractivity contribution is 0.533. The molecule has 1 unspecified atom stereocenters. The molecule has 4 N–H and O–H groups in total. The van der Waals surface area contributed by atoms with Crippen molar-refractivity contribution in [3.8, 4) is 12.1 Å². The molecule has 132 valence electrons. The van der Waals surface area contributed by atoms with Crippen molar-refractivity contribution in [1.82, 2.24) is 15.5 Å². The van der Waals surface area contributed by atoms with Crippen LogP contribution < -0.4 is 11.1 Å². The lowest BCUT2D eigenvalue weighted by Gasteiger charge is -2.27. The van der Waals surface area contributed by atoms with Gasteiger partial charge in [0.25, 0.3) is 0 Å². The molecule has 0 fully saturated rings. The van der Waals surface area contributed by atoms with E-state index in [1.165, 1.54) is 0 Å². The number of dihydropyridines is 1. The predicted octanol–water partition coefficient (Wildman–Crippen LogP) is 3.47. The van der Waals surface area contributed by atoms with E-state index >= 15 is 0 Å². The van der Waals surface area contributed by atoms with E-state index in [4.69, 9.17) is 10.2 Å². The SMILES string of the molecule is CC1=C(C#N)C(c2ccc3[nH]nc(N)c3c2)C(C#N)=C(c2ccoc2C)N1. The summed E-state index contributed by atoms with van der Waals surface area (Å²) >= 11 is 0. The molecule has 3 heterocycles. The Balaban J connectivity index is 1.98. The number of rotatable bonds is 2. The Morgan fingerprint density at radius 3 is 2.59 bits per heavy atom. The number of nitrogens with two attached hydrogens (primary N) is 1. The van der Waals surface area contributed by atoms with Crippen molar-refractivity contribution < 1.29 is 4.42 Å². The quantitative estimate of drug-likeness (QED) is 0.645. The number of aromatic nitrogens is 2. The zero-order valence-electron chi connectivity index (χ0n) is 14.8. The van der Waals surface area contributed by atoms with Gasteiger partial charge in [0.05, 0.1) is 46.7 Å². The number of nitrogens with one attached hydrogen (secondary N) is 2. The van der Waals surface area contributed by atoms with Crippen LogP contribution in [-0.2, 0) is 0 Å². The van der Waals surface area contributed by atoms with Crippen LogP contribution >= 0.6 is 0 Å². The third-order valence-corrected chi connectivity index (χ3v) is 4.88. The summed E-state index contributed by atoms with van der Waals surface area (Å²) in [5.41, 5.74) is 10.7. The summed E-state index contributed by atoms with van der Waals surface area (Å²) in [4.78, 5) is 0. The van der Waals surface area contributed by atoms with Crippen LogP contribution in [0.4, 0.5) is 5.82 Å². The van der Waals surface area contributed by atoms with Gasteiger partial charge in [-0.3, -0.25) is 5.10 Å². The smallest absolute Gasteiger partial charge is 0.153 e. The Bertz CT molecular complexity index is 1210. The highest BCUT2D eigenvalue weighted by molar-refractivity contribution is 5.90. The molecule has 0 saturated heterocycles. The first-order chi connectivity index (χ1) is 13.0. The van der Waals surface area contributed by atoms with Gasteiger partial charge in [-0.05, 0) is 37.6 Å². The van der Waals surface area contributed by atoms with E-state index in [-0.39, 0.29) is 0 Å². The van der Waals surface area contributed by atoms with Gasteiger partial charge in [-0.1, -0.05) is 6.07 Å². The number of nitrogens with zero attached hydrogens (tertiary/aromatic N) is 3. The standard InChI is InChI=1S/C20H16N6O/c1-10-15(8-21)18(12-3-4-17-14(7-12)20(23)26-25-17)16(9-22)19(24-10)13-5-6-27-11(13)2/h3-7,18,24H,1-2H3,(H3,23,25,26). The maximum absolute atomic E-state index is 9.96. The molecule has 1 aliphatic heterocycles. The number of aromatic amines is 1. The number of fused-ring (bicyclic) bond motifs is 1. The highest BCUT2D eigenvalue weighted by atomic mass is 16.3. The summed E-state index contributed by atoms with van der Waals surface area (Å²) in [5, 5.41) is 30.6. The monoisotopic (exact) mass is 356 g/mol. The molecule has 0 saturated carbocycles. The van der Waals surface area contributed by atoms with Gasteiger partial charge >= 0.3 is 0 Å². The van der Waals surface area contributed by atoms with Crippen LogP contribution in [0.25, 0.3) is 16.6 Å². The maximum atomic E-state index is 9.96. The first-order valence-corrected chi connectivity index (χ1v) is 8.35. The fraction of sp³-hybridized carbons (Fsp3) is 0.150. The fourth-order valence-corrected chi connectivity index (χ4v) is 3.52. The second kappa shape index (κ2) is 6.08. The van der Waals surface area contributed by atoms with Gasteiger partial charge in [0.1, 0.15) is 5.76 Å². The maximum Gasteiger partial charge on any atom is 0.153 e. The molecule has 0 amide bonds. The number of nitriles is 2. The van der Waals surface area contributed by atoms with Crippen LogP contribution in [-0.4, -0.2) is 10.2 Å². The number of hydrogen-bond acceptors (Lipinski definition) is 6. The summed E-state index contributed by atoms with van der Waals surface area (Å²) < 4.78 is 5.41. The largest absolute Gasteiger partial charge is 0.469 e. The van der Waals surface area contributed by atoms with Crippen LogP contribution in [0.15, 0.2) is 51.8 Å². The zero-order valence-corrected chi connectivity index (χ0v) is 14.8. The molecule has 27 heavy (non-hydrogen) atoms. The highest BCUT2D eigenvalue weighted by Gasteiger charge is 2.32. The molecule has 1 aromatic carbocycles. The van der Waals surface area contributed by atoms with Gasteiger partial charge in [-0.2, -0.15) is 15.6 Å². The minimum absolute atomic E-state index is 0.383. The second-order valence-corrected chi connectivity index (χ2v) is 6.41. The van der Waals surface area contributed by atoms with Gasteiger partial charge in [-0.15, -0.1) is 0 Å². The van der Waals surface area contributed by atoms with Crippen molar-refractivity contribution in [2.24, 2.45) is 0 Å². The summed E-state index contributed by atoms with van der Waals surface area (Å²) in [7, 11) is 0. The first kappa shape index (κ1) is 16.5. The van der Waals surface area contributed by atoms with Gasteiger partial charge < -0.3 is 15.5 Å². The first-order valence-electron chi connectivity index (χ1n) is 8.35. The second-order valence-electron chi connectivity index (χ2n) is 6.41. The summed E-state index contributed by atoms with van der Waals surface area (Å²) in [5.74, 6) is 0.587. The molecule has 0 aliphatic carbocycles. The van der Waals surface area contributed by atoms with E-state index in [9.17, 15) is 10.5 Å². The molecular formula is C20H16N6O. The third kappa shape index (κ3) is 2.45. The van der Waals surface area contributed by atoms with E-state index in [0.29, 0.717) is 34.1 Å². The number of aryl methyl sites for hydroxylation is 1. The number of benzene rings is 1. The Morgan fingerprint density at radius 2 is 1.93 bits per heavy atom. The Morgan fingerprint density at radius 1 is 1.15 bits per heavy atom. The van der Waals surface area contributed by atoms with Crippen LogP contribution in [0.5, 0.6) is 0 Å². The van der Waals surface area contributed by atoms with E-state index in [1.54, 1.807) is 6.26 Å². The summed E-state index contributed by atoms with van der Waals surface area (Å²) in [6, 6.07) is 12.0. The normalized spacial score (nSPS) is 17.0. The Hall–Kier alpha value is -3.97. The number of furan rings is 1. The summed E-state index contributed by atoms with van der Waals surface area (Å²) in [6.45, 7) is 3.67. The lowest BCUT2D eigenvalue weighted by atomic mass is 9.80. The predicted molar refractivity (Wildman–Crippen MR) is 101 cm³/mol. The number of nitrogen functional groups attached to an aromatic ring is 1. The molecule has 7 nitrogen and oxygen atoms in total. The van der Waals surface area contributed by atoms with Crippen LogP contribution in [0.2, 0.25) is 0 Å². The van der Waals surface area contributed by atoms with Gasteiger partial charge in [0.2, 0.25) is 0 Å². The molecule has 1 atom stereocenters. The van der Waals surface area contributed by atoms with Gasteiger partial charge in [0.15, 0.2) is 5.82 Å². The van der Waals surface area contributed by atoms with Crippen molar-refractivity contribution in [1.29, 1.82) is 10.5 Å². The molecule has 3 aromatic rings. The van der Waals surface area contributed by atoms with Crippen molar-refractivity contribution in [2.45, 2.75) is 19.8 Å². The van der Waals surface area contributed by atoms with Crippen molar-refractivity contribution in [3.05, 3.63) is 64.3 Å². The highest BCUT2D eigenvalue weighted by Crippen LogP contribution is 2.41. The zero-order chi connectivity index (χ0) is 19.1. The average molecular weight is 356 g/mol. The molecule has 0 radical (unpaired) electrons. The number of H-pyrrole nitrogens is 1. The molecule has 1 aliphatic rings. The van der Waals surface area contributed by atoms with Gasteiger partial charge in [-0.25, -0.2) is 0 Å². The summed E-state index contributed by atoms with van der Waals surface area (Å²) in [6.07, 6.45) is 1.58. The van der Waals surface area contributed by atoms with E-state index in [1.807, 2.05) is 38.1 Å². The van der Waals surface area contributed by atoms with Gasteiger partial charge in [0, 0.05) is 16.6 Å². The van der Waals surface area contributed by atoms with E-state index in [2.05, 4.69) is 27.7 Å². The Kier molecular flexibility index (Phi) is 3.71. The van der Waals surface area contributed by atoms with E-state index in [0.717, 1.165) is 22.0 Å². The molecule has 0 bridgehead atoms. The van der Waals surface area contributed by atoms with Crippen molar-refractivity contribution in [2.75, 3.05) is 5.73 Å². The topological polar surface area (TPSA) is 127 Å². The lowest BCUT2D eigenvalue weighted by Crippen LogP contribution is -2.24. The van der Waals surface area contributed by atoms with Crippen molar-refractivity contribution in [3.63, 3.8) is 0 Å². The average Bonchev–Trinajstić information content (AvgIpc) is 3.26. The minimum Gasteiger partial charge on any atom is -0.469 e. The minimum atomic E-state index is -0.496. The fourth-order valence-electron chi connectivity index (χ4n) is 3.52. The van der Waals surface area contributed by atoms with Crippen LogP contribution in [0.1, 0.15) is 29.7 Å².